The third-order valence-corrected chi connectivity index (χ3v) is 8.85. The molecule has 4 fully saturated rings. The van der Waals surface area contributed by atoms with E-state index in [9.17, 15) is 13.2 Å². The molecule has 32 heavy (non-hydrogen) atoms. The first-order valence-corrected chi connectivity index (χ1v) is 13.0. The van der Waals surface area contributed by atoms with E-state index in [1.165, 1.54) is 56.9 Å². The largest absolute Gasteiger partial charge is 0.468 e. The van der Waals surface area contributed by atoms with Crippen molar-refractivity contribution in [1.29, 1.82) is 0 Å². The molecular formula is C25H30N2O4S. The molecule has 0 aliphatic heterocycles. The topological polar surface area (TPSA) is 88.4 Å². The molecule has 6 nitrogen and oxygen atoms in total. The minimum atomic E-state index is -3.63. The maximum Gasteiger partial charge on any atom is 0.244 e. The van der Waals surface area contributed by atoms with Gasteiger partial charge >= 0.3 is 0 Å². The van der Waals surface area contributed by atoms with Crippen LogP contribution in [0.3, 0.4) is 0 Å². The van der Waals surface area contributed by atoms with Gasteiger partial charge in [-0.3, -0.25) is 4.79 Å². The first-order chi connectivity index (χ1) is 15.4. The van der Waals surface area contributed by atoms with Gasteiger partial charge in [-0.2, -0.15) is 0 Å². The zero-order valence-electron chi connectivity index (χ0n) is 18.1. The Balaban J connectivity index is 1.14. The summed E-state index contributed by atoms with van der Waals surface area (Å²) < 4.78 is 32.5. The van der Waals surface area contributed by atoms with Gasteiger partial charge in [-0.15, -0.1) is 0 Å². The SMILES string of the molecule is O=C(/C=C/c1ccc(S(=O)(=O)NCc2ccco2)cc1)NCC12CC3CC(CC(C3)C1)C2. The van der Waals surface area contributed by atoms with Gasteiger partial charge in [-0.05, 0) is 97.6 Å². The van der Waals surface area contributed by atoms with Crippen LogP contribution < -0.4 is 10.0 Å². The molecule has 1 heterocycles. The lowest BCUT2D eigenvalue weighted by Gasteiger charge is -2.56. The molecule has 6 rings (SSSR count). The zero-order chi connectivity index (χ0) is 22.2. The number of carbonyl (C=O) groups is 1. The molecule has 0 radical (unpaired) electrons. The van der Waals surface area contributed by atoms with Crippen LogP contribution >= 0.6 is 0 Å². The fourth-order valence-corrected chi connectivity index (χ4v) is 7.43. The second-order valence-corrected chi connectivity index (χ2v) is 11.7. The highest BCUT2D eigenvalue weighted by atomic mass is 32.2. The number of furan rings is 1. The van der Waals surface area contributed by atoms with Crippen molar-refractivity contribution in [3.8, 4) is 0 Å². The standard InChI is InChI=1S/C25H30N2O4S/c28-24(26-17-25-13-19-10-20(14-25)12-21(11-19)15-25)8-5-18-3-6-23(7-4-18)32(29,30)27-16-22-2-1-9-31-22/h1-9,19-21,27H,10-17H2,(H,26,28)/b8-5+. The van der Waals surface area contributed by atoms with Crippen molar-refractivity contribution in [2.75, 3.05) is 6.54 Å². The smallest absolute Gasteiger partial charge is 0.244 e. The van der Waals surface area contributed by atoms with Gasteiger partial charge in [0, 0.05) is 12.6 Å². The highest BCUT2D eigenvalue weighted by Gasteiger charge is 2.50. The number of carbonyl (C=O) groups excluding carboxylic acids is 1. The number of hydrogen-bond acceptors (Lipinski definition) is 4. The molecule has 0 atom stereocenters. The van der Waals surface area contributed by atoms with Crippen LogP contribution in [0.4, 0.5) is 0 Å². The zero-order valence-corrected chi connectivity index (χ0v) is 18.9. The van der Waals surface area contributed by atoms with E-state index >= 15 is 0 Å². The molecule has 1 aromatic carbocycles. The van der Waals surface area contributed by atoms with Gasteiger partial charge in [0.25, 0.3) is 0 Å². The molecule has 0 saturated heterocycles. The average Bonchev–Trinajstić information content (AvgIpc) is 3.28. The second kappa shape index (κ2) is 8.52. The van der Waals surface area contributed by atoms with Gasteiger partial charge in [0.2, 0.25) is 15.9 Å². The lowest BCUT2D eigenvalue weighted by molar-refractivity contribution is -0.118. The van der Waals surface area contributed by atoms with Crippen molar-refractivity contribution in [2.45, 2.75) is 50.0 Å². The normalized spacial score (nSPS) is 28.9. The van der Waals surface area contributed by atoms with E-state index < -0.39 is 10.0 Å². The summed E-state index contributed by atoms with van der Waals surface area (Å²) in [6.45, 7) is 0.874. The molecule has 1 aromatic heterocycles. The second-order valence-electron chi connectivity index (χ2n) is 9.94. The van der Waals surface area contributed by atoms with E-state index in [0.717, 1.165) is 29.9 Å². The van der Waals surface area contributed by atoms with Gasteiger partial charge in [0.1, 0.15) is 5.76 Å². The molecular weight excluding hydrogens is 424 g/mol. The van der Waals surface area contributed by atoms with Crippen LogP contribution in [0.15, 0.2) is 58.1 Å². The number of hydrogen-bond donors (Lipinski definition) is 2. The molecule has 4 aliphatic rings. The number of nitrogens with one attached hydrogen (secondary N) is 2. The van der Waals surface area contributed by atoms with E-state index in [1.54, 1.807) is 36.4 Å². The molecule has 4 bridgehead atoms. The lowest BCUT2D eigenvalue weighted by atomic mass is 9.49. The Morgan fingerprint density at radius 1 is 1.03 bits per heavy atom. The van der Waals surface area contributed by atoms with Gasteiger partial charge in [0.15, 0.2) is 0 Å². The van der Waals surface area contributed by atoms with Crippen LogP contribution in [0.2, 0.25) is 0 Å². The van der Waals surface area contributed by atoms with Crippen LogP contribution in [0.1, 0.15) is 49.8 Å². The first kappa shape index (κ1) is 21.5. The summed E-state index contributed by atoms with van der Waals surface area (Å²) in [5.74, 6) is 3.08. The quantitative estimate of drug-likeness (QED) is 0.588. The number of benzene rings is 1. The predicted octanol–water partition coefficient (Wildman–Crippen LogP) is 4.10. The number of sulfonamides is 1. The molecule has 7 heteroatoms. The third kappa shape index (κ3) is 4.69. The average molecular weight is 455 g/mol. The van der Waals surface area contributed by atoms with Crippen molar-refractivity contribution in [3.05, 3.63) is 60.1 Å². The van der Waals surface area contributed by atoms with Crippen molar-refractivity contribution in [1.82, 2.24) is 10.0 Å². The van der Waals surface area contributed by atoms with Crippen molar-refractivity contribution in [2.24, 2.45) is 23.2 Å². The van der Waals surface area contributed by atoms with Gasteiger partial charge in [0.05, 0.1) is 17.7 Å². The van der Waals surface area contributed by atoms with Crippen LogP contribution in [0.5, 0.6) is 0 Å². The van der Waals surface area contributed by atoms with Crippen molar-refractivity contribution >= 4 is 22.0 Å². The summed E-state index contributed by atoms with van der Waals surface area (Å²) in [6.07, 6.45) is 12.8. The van der Waals surface area contributed by atoms with E-state index in [4.69, 9.17) is 4.42 Å². The predicted molar refractivity (Wildman–Crippen MR) is 122 cm³/mol. The maximum absolute atomic E-state index is 12.4. The minimum Gasteiger partial charge on any atom is -0.468 e. The van der Waals surface area contributed by atoms with Crippen LogP contribution in [-0.4, -0.2) is 20.9 Å². The van der Waals surface area contributed by atoms with E-state index in [-0.39, 0.29) is 17.3 Å². The third-order valence-electron chi connectivity index (χ3n) is 7.44. The van der Waals surface area contributed by atoms with E-state index in [2.05, 4.69) is 10.0 Å². The summed E-state index contributed by atoms with van der Waals surface area (Å²) in [5.41, 5.74) is 1.09. The van der Waals surface area contributed by atoms with Crippen LogP contribution in [0.25, 0.3) is 6.08 Å². The Kier molecular flexibility index (Phi) is 5.72. The molecule has 2 N–H and O–H groups in total. The highest BCUT2D eigenvalue weighted by molar-refractivity contribution is 7.89. The lowest BCUT2D eigenvalue weighted by Crippen LogP contribution is -2.51. The summed E-state index contributed by atoms with van der Waals surface area (Å²) in [7, 11) is -3.63. The Labute approximate surface area is 189 Å². The summed E-state index contributed by atoms with van der Waals surface area (Å²) in [6, 6.07) is 9.90. The van der Waals surface area contributed by atoms with E-state index in [0.29, 0.717) is 11.2 Å². The number of rotatable bonds is 8. The molecule has 0 unspecified atom stereocenters. The molecule has 170 valence electrons. The monoisotopic (exact) mass is 454 g/mol. The van der Waals surface area contributed by atoms with Gasteiger partial charge < -0.3 is 9.73 Å². The van der Waals surface area contributed by atoms with Crippen LogP contribution in [0, 0.1) is 23.2 Å². The molecule has 1 amide bonds. The summed E-state index contributed by atoms with van der Waals surface area (Å²) in [5, 5.41) is 3.14. The Morgan fingerprint density at radius 2 is 1.69 bits per heavy atom. The summed E-state index contributed by atoms with van der Waals surface area (Å²) in [4.78, 5) is 12.6. The Hall–Kier alpha value is -2.38. The Bertz CT molecular complexity index is 1050. The van der Waals surface area contributed by atoms with Gasteiger partial charge in [-0.25, -0.2) is 13.1 Å². The van der Waals surface area contributed by atoms with Gasteiger partial charge in [-0.1, -0.05) is 12.1 Å². The molecule has 0 spiro atoms. The first-order valence-electron chi connectivity index (χ1n) is 11.5. The highest BCUT2D eigenvalue weighted by Crippen LogP contribution is 2.59. The van der Waals surface area contributed by atoms with Crippen molar-refractivity contribution in [3.63, 3.8) is 0 Å². The Morgan fingerprint density at radius 3 is 2.28 bits per heavy atom. The molecule has 4 aliphatic carbocycles. The molecule has 2 aromatic rings. The number of amides is 1. The van der Waals surface area contributed by atoms with Crippen molar-refractivity contribution < 1.29 is 17.6 Å². The van der Waals surface area contributed by atoms with E-state index in [1.807, 2.05) is 0 Å². The fraction of sp³-hybridized carbons (Fsp3) is 0.480. The van der Waals surface area contributed by atoms with Crippen LogP contribution in [-0.2, 0) is 21.4 Å². The minimum absolute atomic E-state index is 0.0856. The summed E-state index contributed by atoms with van der Waals surface area (Å²) >= 11 is 0. The molecule has 4 saturated carbocycles. The fourth-order valence-electron chi connectivity index (χ4n) is 6.43. The maximum atomic E-state index is 12.4.